The lowest BCUT2D eigenvalue weighted by Gasteiger charge is -2.13. The van der Waals surface area contributed by atoms with Gasteiger partial charge in [-0.3, -0.25) is 0 Å². The van der Waals surface area contributed by atoms with Crippen molar-refractivity contribution in [1.29, 1.82) is 0 Å². The number of nitrogens with zero attached hydrogens (tertiary/aromatic N) is 1. The minimum absolute atomic E-state index is 0.309. The monoisotopic (exact) mass is 447 g/mol. The van der Waals surface area contributed by atoms with Gasteiger partial charge >= 0.3 is 5.97 Å². The Labute approximate surface area is 191 Å². The molecule has 7 nitrogen and oxygen atoms in total. The number of rotatable bonds is 11. The van der Waals surface area contributed by atoms with Gasteiger partial charge in [0.1, 0.15) is 30.2 Å². The third-order valence-corrected chi connectivity index (χ3v) is 4.98. The summed E-state index contributed by atoms with van der Waals surface area (Å²) in [6, 6.07) is 22.5. The molecule has 1 aromatic heterocycles. The number of aliphatic carboxylic acids is 1. The van der Waals surface area contributed by atoms with Gasteiger partial charge in [-0.05, 0) is 55.0 Å². The second-order valence-corrected chi connectivity index (χ2v) is 7.34. The summed E-state index contributed by atoms with van der Waals surface area (Å²) < 4.78 is 22.6. The van der Waals surface area contributed by atoms with Crippen molar-refractivity contribution >= 4 is 17.1 Å². The number of benzene rings is 3. The third kappa shape index (κ3) is 5.90. The molecule has 0 spiro atoms. The van der Waals surface area contributed by atoms with Crippen molar-refractivity contribution in [2.75, 3.05) is 19.8 Å². The number of fused-ring (bicyclic) bond motifs is 1. The van der Waals surface area contributed by atoms with Crippen LogP contribution in [0.1, 0.15) is 12.5 Å². The Bertz CT molecular complexity index is 1170. The number of aromatic nitrogens is 1. The number of para-hydroxylation sites is 2. The molecule has 0 aliphatic carbocycles. The molecular formula is C26H25NO6. The standard InChI is InChI=1S/C26H25NO6/c1-2-30-24(26(28)29)16-18-10-12-20(13-11-18)31-14-15-32-21-7-5-6-19(17-21)25-27-22-8-3-4-9-23(22)33-25/h3-13,17,24H,2,14-16H2,1H3,(H,28,29)/t24-/m0/s1. The molecule has 0 aliphatic heterocycles. The van der Waals surface area contributed by atoms with Gasteiger partial charge in [-0.1, -0.05) is 30.3 Å². The highest BCUT2D eigenvalue weighted by atomic mass is 16.5. The van der Waals surface area contributed by atoms with E-state index in [1.54, 1.807) is 6.92 Å². The zero-order chi connectivity index (χ0) is 23.0. The van der Waals surface area contributed by atoms with Crippen molar-refractivity contribution in [3.05, 3.63) is 78.4 Å². The molecule has 0 unspecified atom stereocenters. The van der Waals surface area contributed by atoms with Crippen LogP contribution in [-0.2, 0) is 16.0 Å². The van der Waals surface area contributed by atoms with E-state index >= 15 is 0 Å². The maximum atomic E-state index is 11.2. The number of carboxylic acid groups (broad SMARTS) is 1. The summed E-state index contributed by atoms with van der Waals surface area (Å²) in [6.07, 6.45) is -0.538. The Morgan fingerprint density at radius 3 is 2.45 bits per heavy atom. The van der Waals surface area contributed by atoms with E-state index in [1.165, 1.54) is 0 Å². The maximum Gasteiger partial charge on any atom is 0.333 e. The van der Waals surface area contributed by atoms with Crippen molar-refractivity contribution in [3.63, 3.8) is 0 Å². The molecule has 3 aromatic carbocycles. The Morgan fingerprint density at radius 2 is 1.73 bits per heavy atom. The molecule has 7 heteroatoms. The molecule has 0 saturated heterocycles. The van der Waals surface area contributed by atoms with Crippen molar-refractivity contribution in [2.45, 2.75) is 19.4 Å². The normalized spacial score (nSPS) is 11.9. The summed E-state index contributed by atoms with van der Waals surface area (Å²) >= 11 is 0. The Balaban J connectivity index is 1.28. The van der Waals surface area contributed by atoms with Crippen molar-refractivity contribution in [3.8, 4) is 23.0 Å². The van der Waals surface area contributed by atoms with E-state index < -0.39 is 12.1 Å². The molecule has 4 aromatic rings. The van der Waals surface area contributed by atoms with E-state index in [-0.39, 0.29) is 0 Å². The zero-order valence-electron chi connectivity index (χ0n) is 18.3. The molecule has 0 radical (unpaired) electrons. The average molecular weight is 447 g/mol. The van der Waals surface area contributed by atoms with E-state index in [4.69, 9.17) is 18.6 Å². The second-order valence-electron chi connectivity index (χ2n) is 7.34. The fourth-order valence-electron chi connectivity index (χ4n) is 3.39. The van der Waals surface area contributed by atoms with Crippen LogP contribution in [0.2, 0.25) is 0 Å². The number of oxazole rings is 1. The minimum atomic E-state index is -0.963. The predicted molar refractivity (Wildman–Crippen MR) is 124 cm³/mol. The van der Waals surface area contributed by atoms with Crippen molar-refractivity contribution < 1.29 is 28.5 Å². The molecule has 0 amide bonds. The molecule has 170 valence electrons. The van der Waals surface area contributed by atoms with E-state index in [0.717, 1.165) is 22.2 Å². The van der Waals surface area contributed by atoms with Crippen LogP contribution in [0, 0.1) is 0 Å². The van der Waals surface area contributed by atoms with Crippen LogP contribution in [0.3, 0.4) is 0 Å². The van der Waals surface area contributed by atoms with Crippen LogP contribution in [-0.4, -0.2) is 42.0 Å². The molecule has 1 atom stereocenters. The first-order chi connectivity index (χ1) is 16.1. The summed E-state index contributed by atoms with van der Waals surface area (Å²) in [5, 5.41) is 9.20. The molecule has 4 rings (SSSR count). The van der Waals surface area contributed by atoms with Gasteiger partial charge in [-0.25, -0.2) is 9.78 Å². The van der Waals surface area contributed by atoms with Crippen LogP contribution in [0.15, 0.2) is 77.2 Å². The van der Waals surface area contributed by atoms with Crippen LogP contribution < -0.4 is 9.47 Å². The number of hydrogen-bond acceptors (Lipinski definition) is 6. The summed E-state index contributed by atoms with van der Waals surface area (Å²) in [6.45, 7) is 2.87. The summed E-state index contributed by atoms with van der Waals surface area (Å²) in [5.41, 5.74) is 3.27. The summed E-state index contributed by atoms with van der Waals surface area (Å²) in [7, 11) is 0. The molecule has 1 N–H and O–H groups in total. The van der Waals surface area contributed by atoms with Gasteiger partial charge in [0.2, 0.25) is 5.89 Å². The quantitative estimate of drug-likeness (QED) is 0.324. The third-order valence-electron chi connectivity index (χ3n) is 4.98. The van der Waals surface area contributed by atoms with Crippen molar-refractivity contribution in [2.24, 2.45) is 0 Å². The number of carboxylic acids is 1. The first kappa shape index (κ1) is 22.4. The number of hydrogen-bond donors (Lipinski definition) is 1. The molecule has 0 bridgehead atoms. The van der Waals surface area contributed by atoms with Gasteiger partial charge < -0.3 is 23.7 Å². The lowest BCUT2D eigenvalue weighted by Crippen LogP contribution is -2.26. The van der Waals surface area contributed by atoms with Gasteiger partial charge in [-0.2, -0.15) is 0 Å². The lowest BCUT2D eigenvalue weighted by atomic mass is 10.1. The Hall–Kier alpha value is -3.84. The Morgan fingerprint density at radius 1 is 0.970 bits per heavy atom. The highest BCUT2D eigenvalue weighted by Crippen LogP contribution is 2.26. The number of ether oxygens (including phenoxy) is 3. The van der Waals surface area contributed by atoms with Gasteiger partial charge in [0.15, 0.2) is 11.7 Å². The number of carbonyl (C=O) groups is 1. The topological polar surface area (TPSA) is 91.0 Å². The molecule has 0 saturated carbocycles. The average Bonchev–Trinajstić information content (AvgIpc) is 3.27. The first-order valence-corrected chi connectivity index (χ1v) is 10.8. The molecule has 33 heavy (non-hydrogen) atoms. The molecular weight excluding hydrogens is 422 g/mol. The van der Waals surface area contributed by atoms with E-state index in [1.807, 2.05) is 72.8 Å². The second kappa shape index (κ2) is 10.7. The zero-order valence-corrected chi connectivity index (χ0v) is 18.3. The van der Waals surface area contributed by atoms with Crippen LogP contribution in [0.4, 0.5) is 0 Å². The highest BCUT2D eigenvalue weighted by Gasteiger charge is 2.17. The molecule has 0 aliphatic rings. The van der Waals surface area contributed by atoms with E-state index in [2.05, 4.69) is 4.98 Å². The smallest absolute Gasteiger partial charge is 0.333 e. The highest BCUT2D eigenvalue weighted by molar-refractivity contribution is 5.76. The Kier molecular flexibility index (Phi) is 7.22. The largest absolute Gasteiger partial charge is 0.490 e. The minimum Gasteiger partial charge on any atom is -0.490 e. The van der Waals surface area contributed by atoms with Crippen LogP contribution in [0.5, 0.6) is 11.5 Å². The fraction of sp³-hybridized carbons (Fsp3) is 0.231. The maximum absolute atomic E-state index is 11.2. The molecule has 1 heterocycles. The van der Waals surface area contributed by atoms with E-state index in [9.17, 15) is 9.90 Å². The van der Waals surface area contributed by atoms with E-state index in [0.29, 0.717) is 43.6 Å². The fourth-order valence-corrected chi connectivity index (χ4v) is 3.39. The molecule has 0 fully saturated rings. The summed E-state index contributed by atoms with van der Waals surface area (Å²) in [4.78, 5) is 15.7. The van der Waals surface area contributed by atoms with Crippen molar-refractivity contribution in [1.82, 2.24) is 4.98 Å². The van der Waals surface area contributed by atoms with Gasteiger partial charge in [0.05, 0.1) is 0 Å². The SMILES string of the molecule is CCO[C@@H](Cc1ccc(OCCOc2cccc(-c3nc4ccccc4o3)c2)cc1)C(=O)O. The van der Waals surface area contributed by atoms with Gasteiger partial charge in [-0.15, -0.1) is 0 Å². The van der Waals surface area contributed by atoms with Gasteiger partial charge in [0.25, 0.3) is 0 Å². The van der Waals surface area contributed by atoms with Gasteiger partial charge in [0, 0.05) is 18.6 Å². The van der Waals surface area contributed by atoms with Crippen LogP contribution >= 0.6 is 0 Å². The summed E-state index contributed by atoms with van der Waals surface area (Å²) in [5.74, 6) is 0.970. The predicted octanol–water partition coefficient (Wildman–Crippen LogP) is 4.98. The lowest BCUT2D eigenvalue weighted by molar-refractivity contribution is -0.149. The first-order valence-electron chi connectivity index (χ1n) is 10.8. The van der Waals surface area contributed by atoms with Crippen LogP contribution in [0.25, 0.3) is 22.6 Å².